The minimum atomic E-state index is -0.777. The maximum Gasteiger partial charge on any atom is 0.300 e. The molecular formula is C9H10N6O3S. The van der Waals surface area contributed by atoms with E-state index in [2.05, 4.69) is 19.8 Å². The Kier molecular flexibility index (Phi) is 3.51. The first kappa shape index (κ1) is 13.1. The predicted octanol–water partition coefficient (Wildman–Crippen LogP) is -1.50. The van der Waals surface area contributed by atoms with Crippen LogP contribution in [0.4, 0.5) is 11.6 Å². The number of aryl methyl sites for hydroxylation is 1. The molecule has 0 amide bonds. The van der Waals surface area contributed by atoms with Gasteiger partial charge < -0.3 is 21.1 Å². The molecule has 0 bridgehead atoms. The first-order chi connectivity index (χ1) is 8.97. The molecule has 0 saturated carbocycles. The average Bonchev–Trinajstić information content (AvgIpc) is 2.65. The molecule has 0 aliphatic rings. The highest BCUT2D eigenvalue weighted by molar-refractivity contribution is 7.99. The maximum absolute atomic E-state index is 11.8. The van der Waals surface area contributed by atoms with Gasteiger partial charge in [0, 0.05) is 6.07 Å². The molecule has 9 nitrogen and oxygen atoms in total. The lowest BCUT2D eigenvalue weighted by atomic mass is 10.3. The molecule has 0 aliphatic carbocycles. The van der Waals surface area contributed by atoms with Gasteiger partial charge >= 0.3 is 0 Å². The van der Waals surface area contributed by atoms with Crippen molar-refractivity contribution in [3.8, 4) is 5.95 Å². The zero-order chi connectivity index (χ0) is 14.0. The van der Waals surface area contributed by atoms with E-state index in [-0.39, 0.29) is 28.2 Å². The number of carbonyl (C=O) groups excluding carboxylic acids is 1. The van der Waals surface area contributed by atoms with Crippen LogP contribution < -0.4 is 21.3 Å². The van der Waals surface area contributed by atoms with Crippen LogP contribution in [-0.4, -0.2) is 26.8 Å². The number of hydrogen-bond donors (Lipinski definition) is 2. The normalized spacial score (nSPS) is 10.6. The zero-order valence-corrected chi connectivity index (χ0v) is 10.7. The third kappa shape index (κ3) is 2.91. The Balaban J connectivity index is 2.09. The van der Waals surface area contributed by atoms with E-state index in [0.29, 0.717) is 0 Å². The first-order valence-electron chi connectivity index (χ1n) is 5.06. The smallest absolute Gasteiger partial charge is 0.300 e. The van der Waals surface area contributed by atoms with Gasteiger partial charge in [-0.25, -0.2) is 9.97 Å². The standard InChI is InChI=1S/C9H10N6O3S/c1-15-7(8(17)18-14-15)4(16)3-19-9-12-5(10)2-6(11)13-9/h2H,3H2,1H3,(H4-,10,11,12,13,14,16,17). The van der Waals surface area contributed by atoms with Crippen molar-refractivity contribution in [2.75, 3.05) is 17.2 Å². The molecule has 2 rings (SSSR count). The van der Waals surface area contributed by atoms with E-state index in [1.54, 1.807) is 0 Å². The van der Waals surface area contributed by atoms with E-state index >= 15 is 0 Å². The Labute approximate surface area is 111 Å². The summed E-state index contributed by atoms with van der Waals surface area (Å²) >= 11 is 1.02. The number of carbonyl (C=O) groups is 1. The summed E-state index contributed by atoms with van der Waals surface area (Å²) in [4.78, 5) is 19.6. The summed E-state index contributed by atoms with van der Waals surface area (Å²) in [6, 6.07) is 1.40. The van der Waals surface area contributed by atoms with Crippen LogP contribution in [0.2, 0.25) is 0 Å². The highest BCUT2D eigenvalue weighted by Crippen LogP contribution is 2.18. The zero-order valence-electron chi connectivity index (χ0n) is 9.86. The molecule has 0 unspecified atom stereocenters. The summed E-state index contributed by atoms with van der Waals surface area (Å²) in [6.07, 6.45) is 0. The van der Waals surface area contributed by atoms with Crippen molar-refractivity contribution in [1.29, 1.82) is 0 Å². The van der Waals surface area contributed by atoms with Crippen molar-refractivity contribution in [3.63, 3.8) is 0 Å². The second kappa shape index (κ2) is 5.10. The maximum atomic E-state index is 11.8. The Morgan fingerprint density at radius 1 is 1.47 bits per heavy atom. The topological polar surface area (TPSA) is 148 Å². The number of thioether (sulfide) groups is 1. The summed E-state index contributed by atoms with van der Waals surface area (Å²) < 4.78 is 5.45. The van der Waals surface area contributed by atoms with Crippen LogP contribution in [0.25, 0.3) is 0 Å². The number of aromatic nitrogens is 4. The second-order valence-electron chi connectivity index (χ2n) is 3.54. The summed E-state index contributed by atoms with van der Waals surface area (Å²) in [5, 5.41) is 14.9. The van der Waals surface area contributed by atoms with Crippen molar-refractivity contribution in [3.05, 3.63) is 11.8 Å². The van der Waals surface area contributed by atoms with Crippen molar-refractivity contribution in [1.82, 2.24) is 15.2 Å². The fraction of sp³-hybridized carbons (Fsp3) is 0.222. The van der Waals surface area contributed by atoms with Gasteiger partial charge in [0.2, 0.25) is 5.78 Å². The molecule has 0 saturated heterocycles. The van der Waals surface area contributed by atoms with Crippen LogP contribution in [0, 0.1) is 0 Å². The predicted molar refractivity (Wildman–Crippen MR) is 63.0 cm³/mol. The van der Waals surface area contributed by atoms with Crippen LogP contribution >= 0.6 is 11.8 Å². The van der Waals surface area contributed by atoms with Gasteiger partial charge in [-0.05, 0) is 0 Å². The number of nitrogens with two attached hydrogens (primary N) is 2. The highest BCUT2D eigenvalue weighted by Gasteiger charge is 2.23. The number of anilines is 2. The van der Waals surface area contributed by atoms with E-state index in [0.717, 1.165) is 16.4 Å². The Morgan fingerprint density at radius 2 is 2.11 bits per heavy atom. The third-order valence-corrected chi connectivity index (χ3v) is 2.95. The van der Waals surface area contributed by atoms with Gasteiger partial charge in [0.05, 0.1) is 11.0 Å². The van der Waals surface area contributed by atoms with Gasteiger partial charge in [0.15, 0.2) is 18.2 Å². The second-order valence-corrected chi connectivity index (χ2v) is 4.49. The number of Topliss-reactive ketones (excluding diaryl/α,β-unsaturated/α-hetero) is 1. The molecule has 100 valence electrons. The van der Waals surface area contributed by atoms with E-state index in [1.165, 1.54) is 13.1 Å². The number of ketones is 1. The summed E-state index contributed by atoms with van der Waals surface area (Å²) in [5.41, 5.74) is 10.9. The third-order valence-electron chi connectivity index (χ3n) is 2.10. The average molecular weight is 282 g/mol. The number of nitrogen functional groups attached to an aromatic ring is 2. The molecule has 19 heavy (non-hydrogen) atoms. The van der Waals surface area contributed by atoms with Gasteiger partial charge in [-0.15, -0.1) is 0 Å². The van der Waals surface area contributed by atoms with Crippen LogP contribution in [-0.2, 0) is 7.05 Å². The Morgan fingerprint density at radius 3 is 2.63 bits per heavy atom. The van der Waals surface area contributed by atoms with Gasteiger partial charge in [-0.3, -0.25) is 4.79 Å². The van der Waals surface area contributed by atoms with E-state index < -0.39 is 11.7 Å². The van der Waals surface area contributed by atoms with E-state index in [1.807, 2.05) is 0 Å². The molecule has 2 aromatic heterocycles. The minimum absolute atomic E-state index is 0.0484. The van der Waals surface area contributed by atoms with Gasteiger partial charge in [-0.2, -0.15) is 0 Å². The van der Waals surface area contributed by atoms with Gasteiger partial charge in [0.25, 0.3) is 5.69 Å². The number of hydrogen-bond acceptors (Lipinski definition) is 9. The lowest BCUT2D eigenvalue weighted by molar-refractivity contribution is -0.741. The molecule has 10 heteroatoms. The molecule has 0 aliphatic heterocycles. The highest BCUT2D eigenvalue weighted by atomic mass is 32.2. The van der Waals surface area contributed by atoms with E-state index in [9.17, 15) is 9.90 Å². The SMILES string of the molecule is C[n+]1noc([O-])c1C(=O)CSc1nc(N)cc(N)n1. The molecule has 0 spiro atoms. The van der Waals surface area contributed by atoms with Crippen molar-refractivity contribution in [2.24, 2.45) is 7.05 Å². The van der Waals surface area contributed by atoms with Crippen LogP contribution in [0.5, 0.6) is 5.95 Å². The first-order valence-corrected chi connectivity index (χ1v) is 6.05. The van der Waals surface area contributed by atoms with E-state index in [4.69, 9.17) is 11.5 Å². The quantitative estimate of drug-likeness (QED) is 0.296. The fourth-order valence-electron chi connectivity index (χ4n) is 1.33. The molecule has 0 atom stereocenters. The molecule has 2 aromatic rings. The molecule has 0 radical (unpaired) electrons. The number of rotatable bonds is 4. The number of nitrogens with zero attached hydrogens (tertiary/aromatic N) is 4. The Bertz CT molecular complexity index is 589. The molecule has 0 aromatic carbocycles. The minimum Gasteiger partial charge on any atom is -0.539 e. The summed E-state index contributed by atoms with van der Waals surface area (Å²) in [6.45, 7) is 0. The van der Waals surface area contributed by atoms with Crippen molar-refractivity contribution >= 4 is 29.2 Å². The molecule has 4 N–H and O–H groups in total. The van der Waals surface area contributed by atoms with Gasteiger partial charge in [-0.1, -0.05) is 16.4 Å². The Hall–Kier alpha value is -2.36. The monoisotopic (exact) mass is 282 g/mol. The molecular weight excluding hydrogens is 272 g/mol. The lowest BCUT2D eigenvalue weighted by Crippen LogP contribution is -2.37. The summed E-state index contributed by atoms with van der Waals surface area (Å²) in [5.74, 6) is -0.845. The van der Waals surface area contributed by atoms with Crippen molar-refractivity contribution < 1.29 is 19.1 Å². The van der Waals surface area contributed by atoms with Crippen LogP contribution in [0.1, 0.15) is 10.5 Å². The lowest BCUT2D eigenvalue weighted by Gasteiger charge is -2.01. The van der Waals surface area contributed by atoms with Crippen molar-refractivity contribution in [2.45, 2.75) is 5.16 Å². The molecule has 0 fully saturated rings. The van der Waals surface area contributed by atoms with Crippen LogP contribution in [0.3, 0.4) is 0 Å². The van der Waals surface area contributed by atoms with Gasteiger partial charge in [0.1, 0.15) is 11.6 Å². The van der Waals surface area contributed by atoms with Crippen LogP contribution in [0.15, 0.2) is 15.7 Å². The molecule has 2 heterocycles. The summed E-state index contributed by atoms with van der Waals surface area (Å²) in [7, 11) is 1.44. The fourth-order valence-corrected chi connectivity index (χ4v) is 2.07. The largest absolute Gasteiger partial charge is 0.539 e.